The Balaban J connectivity index is 1.97. The molecule has 1 aromatic rings. The maximum Gasteiger partial charge on any atom is 0.119 e. The van der Waals surface area contributed by atoms with Crippen LogP contribution in [0.3, 0.4) is 0 Å². The zero-order valence-electron chi connectivity index (χ0n) is 9.44. The Labute approximate surface area is 91.4 Å². The molecule has 0 spiro atoms. The van der Waals surface area contributed by atoms with Gasteiger partial charge in [-0.05, 0) is 42.4 Å². The molecule has 3 unspecified atom stereocenters. The highest BCUT2D eigenvalue weighted by atomic mass is 16.5. The Kier molecular flexibility index (Phi) is 2.96. The minimum absolute atomic E-state index is 0.312. The average molecular weight is 205 g/mol. The van der Waals surface area contributed by atoms with Gasteiger partial charge in [-0.15, -0.1) is 0 Å². The van der Waals surface area contributed by atoms with Crippen molar-refractivity contribution in [2.45, 2.75) is 25.8 Å². The molecule has 0 aromatic heterocycles. The molecule has 3 atom stereocenters. The monoisotopic (exact) mass is 205 g/mol. The van der Waals surface area contributed by atoms with E-state index in [0.29, 0.717) is 6.04 Å². The molecule has 15 heavy (non-hydrogen) atoms. The Morgan fingerprint density at radius 1 is 1.53 bits per heavy atom. The van der Waals surface area contributed by atoms with Crippen LogP contribution in [0.2, 0.25) is 0 Å². The van der Waals surface area contributed by atoms with Gasteiger partial charge in [0.05, 0.1) is 7.11 Å². The molecule has 0 aliphatic heterocycles. The van der Waals surface area contributed by atoms with Crippen LogP contribution in [-0.2, 0) is 6.42 Å². The zero-order chi connectivity index (χ0) is 10.8. The second-order valence-corrected chi connectivity index (χ2v) is 4.60. The van der Waals surface area contributed by atoms with Gasteiger partial charge in [-0.25, -0.2) is 0 Å². The van der Waals surface area contributed by atoms with E-state index >= 15 is 0 Å². The van der Waals surface area contributed by atoms with Crippen molar-refractivity contribution in [3.63, 3.8) is 0 Å². The van der Waals surface area contributed by atoms with Gasteiger partial charge in [0.1, 0.15) is 5.75 Å². The Morgan fingerprint density at radius 2 is 2.27 bits per heavy atom. The second-order valence-electron chi connectivity index (χ2n) is 4.60. The van der Waals surface area contributed by atoms with Gasteiger partial charge in [0.25, 0.3) is 0 Å². The van der Waals surface area contributed by atoms with Crippen molar-refractivity contribution in [3.8, 4) is 5.75 Å². The summed E-state index contributed by atoms with van der Waals surface area (Å²) in [7, 11) is 1.70. The highest BCUT2D eigenvalue weighted by Gasteiger charge is 2.37. The lowest BCUT2D eigenvalue weighted by atomic mass is 10.0. The van der Waals surface area contributed by atoms with Crippen LogP contribution < -0.4 is 10.5 Å². The van der Waals surface area contributed by atoms with Crippen LogP contribution in [0.5, 0.6) is 5.75 Å². The Bertz CT molecular complexity index is 337. The van der Waals surface area contributed by atoms with Gasteiger partial charge in [-0.1, -0.05) is 19.1 Å². The maximum absolute atomic E-state index is 6.15. The molecule has 2 heteroatoms. The number of nitrogens with two attached hydrogens (primary N) is 1. The summed E-state index contributed by atoms with van der Waals surface area (Å²) in [5, 5.41) is 0. The molecule has 1 aromatic carbocycles. The molecule has 1 saturated carbocycles. The van der Waals surface area contributed by atoms with E-state index in [4.69, 9.17) is 10.5 Å². The molecule has 0 radical (unpaired) electrons. The molecule has 0 bridgehead atoms. The Hall–Kier alpha value is -1.02. The van der Waals surface area contributed by atoms with Gasteiger partial charge in [0.15, 0.2) is 0 Å². The van der Waals surface area contributed by atoms with E-state index in [1.54, 1.807) is 7.11 Å². The predicted molar refractivity (Wildman–Crippen MR) is 61.9 cm³/mol. The first-order valence-electron chi connectivity index (χ1n) is 5.59. The van der Waals surface area contributed by atoms with Crippen molar-refractivity contribution in [1.82, 2.24) is 0 Å². The number of benzene rings is 1. The van der Waals surface area contributed by atoms with E-state index in [1.165, 1.54) is 12.0 Å². The highest BCUT2D eigenvalue weighted by molar-refractivity contribution is 5.29. The molecule has 2 rings (SSSR count). The van der Waals surface area contributed by atoms with Gasteiger partial charge in [0, 0.05) is 6.04 Å². The van der Waals surface area contributed by atoms with Gasteiger partial charge < -0.3 is 10.5 Å². The van der Waals surface area contributed by atoms with Crippen LogP contribution >= 0.6 is 0 Å². The molecule has 0 amide bonds. The van der Waals surface area contributed by atoms with Gasteiger partial charge >= 0.3 is 0 Å². The molecule has 2 N–H and O–H groups in total. The van der Waals surface area contributed by atoms with Crippen LogP contribution in [0.1, 0.15) is 18.9 Å². The number of hydrogen-bond donors (Lipinski definition) is 1. The van der Waals surface area contributed by atoms with Crippen LogP contribution in [0.4, 0.5) is 0 Å². The standard InChI is InChI=1S/C13H19NO/c1-9-6-12(9)13(14)8-10-4-3-5-11(7-10)15-2/h3-5,7,9,12-13H,6,8,14H2,1-2H3. The van der Waals surface area contributed by atoms with E-state index in [1.807, 2.05) is 12.1 Å². The van der Waals surface area contributed by atoms with Crippen LogP contribution in [0.25, 0.3) is 0 Å². The van der Waals surface area contributed by atoms with E-state index in [2.05, 4.69) is 19.1 Å². The first-order chi connectivity index (χ1) is 7.20. The molecule has 1 aliphatic carbocycles. The molecular weight excluding hydrogens is 186 g/mol. The molecule has 2 nitrogen and oxygen atoms in total. The van der Waals surface area contributed by atoms with Crippen molar-refractivity contribution >= 4 is 0 Å². The normalized spacial score (nSPS) is 26.1. The molecular formula is C13H19NO. The Morgan fingerprint density at radius 3 is 2.87 bits per heavy atom. The summed E-state index contributed by atoms with van der Waals surface area (Å²) < 4.78 is 5.19. The number of rotatable bonds is 4. The average Bonchev–Trinajstić information content (AvgIpc) is 2.96. The topological polar surface area (TPSA) is 35.2 Å². The molecule has 1 aliphatic rings. The molecule has 82 valence electrons. The van der Waals surface area contributed by atoms with Crippen LogP contribution in [0, 0.1) is 11.8 Å². The smallest absolute Gasteiger partial charge is 0.119 e. The maximum atomic E-state index is 6.15. The van der Waals surface area contributed by atoms with Crippen molar-refractivity contribution < 1.29 is 4.74 Å². The fourth-order valence-corrected chi connectivity index (χ4v) is 2.17. The largest absolute Gasteiger partial charge is 0.497 e. The zero-order valence-corrected chi connectivity index (χ0v) is 9.44. The summed E-state index contributed by atoms with van der Waals surface area (Å²) >= 11 is 0. The second kappa shape index (κ2) is 4.23. The SMILES string of the molecule is COc1cccc(CC(N)C2CC2C)c1. The lowest BCUT2D eigenvalue weighted by molar-refractivity contribution is 0.414. The van der Waals surface area contributed by atoms with E-state index in [0.717, 1.165) is 24.0 Å². The van der Waals surface area contributed by atoms with E-state index in [9.17, 15) is 0 Å². The van der Waals surface area contributed by atoms with Crippen LogP contribution in [0.15, 0.2) is 24.3 Å². The minimum atomic E-state index is 0.312. The molecule has 0 saturated heterocycles. The van der Waals surface area contributed by atoms with Gasteiger partial charge in [-0.2, -0.15) is 0 Å². The van der Waals surface area contributed by atoms with Crippen molar-refractivity contribution in [2.24, 2.45) is 17.6 Å². The van der Waals surface area contributed by atoms with Crippen LogP contribution in [-0.4, -0.2) is 13.2 Å². The summed E-state index contributed by atoms with van der Waals surface area (Å²) in [4.78, 5) is 0. The molecule has 1 fully saturated rings. The third-order valence-electron chi connectivity index (χ3n) is 3.33. The first-order valence-corrected chi connectivity index (χ1v) is 5.59. The third-order valence-corrected chi connectivity index (χ3v) is 3.33. The summed E-state index contributed by atoms with van der Waals surface area (Å²) in [6.45, 7) is 2.27. The molecule has 0 heterocycles. The fourth-order valence-electron chi connectivity index (χ4n) is 2.17. The minimum Gasteiger partial charge on any atom is -0.497 e. The lowest BCUT2D eigenvalue weighted by Gasteiger charge is -2.11. The highest BCUT2D eigenvalue weighted by Crippen LogP contribution is 2.40. The van der Waals surface area contributed by atoms with Gasteiger partial charge in [-0.3, -0.25) is 0 Å². The summed E-state index contributed by atoms with van der Waals surface area (Å²) in [6.07, 6.45) is 2.26. The van der Waals surface area contributed by atoms with Crippen molar-refractivity contribution in [1.29, 1.82) is 0 Å². The number of ether oxygens (including phenoxy) is 1. The number of hydrogen-bond acceptors (Lipinski definition) is 2. The fraction of sp³-hybridized carbons (Fsp3) is 0.538. The van der Waals surface area contributed by atoms with Crippen molar-refractivity contribution in [3.05, 3.63) is 29.8 Å². The quantitative estimate of drug-likeness (QED) is 0.818. The lowest BCUT2D eigenvalue weighted by Crippen LogP contribution is -2.25. The third kappa shape index (κ3) is 2.51. The summed E-state index contributed by atoms with van der Waals surface area (Å²) in [5.74, 6) is 2.48. The predicted octanol–water partition coefficient (Wildman–Crippen LogP) is 2.22. The number of methoxy groups -OCH3 is 1. The summed E-state index contributed by atoms with van der Waals surface area (Å²) in [5.41, 5.74) is 7.43. The van der Waals surface area contributed by atoms with E-state index < -0.39 is 0 Å². The van der Waals surface area contributed by atoms with Crippen molar-refractivity contribution in [2.75, 3.05) is 7.11 Å². The summed E-state index contributed by atoms with van der Waals surface area (Å²) in [6, 6.07) is 8.50. The van der Waals surface area contributed by atoms with E-state index in [-0.39, 0.29) is 0 Å². The first kappa shape index (κ1) is 10.5. The van der Waals surface area contributed by atoms with Gasteiger partial charge in [0.2, 0.25) is 0 Å².